The number of rotatable bonds is 3. The van der Waals surface area contributed by atoms with Gasteiger partial charge in [0.2, 0.25) is 15.9 Å². The van der Waals surface area contributed by atoms with Crippen molar-refractivity contribution in [1.82, 2.24) is 4.31 Å². The number of anilines is 2. The molecule has 0 aliphatic carbocycles. The number of benzene rings is 2. The standard InChI is InChI=1S/C20H22ClN3O3S/c1-14-2-4-16(21)13-19(14)23-8-10-24(11-9-23)28(26,27)17-5-6-18-15(12-17)3-7-20(25)22-18/h2,4-6,12-13H,3,7-11H2,1H3,(H,22,25). The number of nitrogens with one attached hydrogen (secondary N) is 1. The summed E-state index contributed by atoms with van der Waals surface area (Å²) in [5.74, 6) is -0.0319. The molecule has 0 saturated carbocycles. The highest BCUT2D eigenvalue weighted by molar-refractivity contribution is 7.89. The molecule has 0 radical (unpaired) electrons. The highest BCUT2D eigenvalue weighted by atomic mass is 35.5. The van der Waals surface area contributed by atoms with Gasteiger partial charge in [0.25, 0.3) is 0 Å². The molecule has 1 amide bonds. The van der Waals surface area contributed by atoms with Crippen LogP contribution in [0, 0.1) is 6.92 Å². The van der Waals surface area contributed by atoms with Crippen LogP contribution in [0.5, 0.6) is 0 Å². The number of carbonyl (C=O) groups is 1. The zero-order valence-electron chi connectivity index (χ0n) is 15.6. The second-order valence-corrected chi connectivity index (χ2v) is 9.56. The van der Waals surface area contributed by atoms with Crippen molar-refractivity contribution in [3.63, 3.8) is 0 Å². The van der Waals surface area contributed by atoms with Gasteiger partial charge in [-0.3, -0.25) is 4.79 Å². The Morgan fingerprint density at radius 2 is 1.75 bits per heavy atom. The van der Waals surface area contributed by atoms with Crippen LogP contribution in [0.1, 0.15) is 17.5 Å². The van der Waals surface area contributed by atoms with E-state index in [1.807, 2.05) is 25.1 Å². The number of amides is 1. The number of hydrogen-bond acceptors (Lipinski definition) is 4. The third kappa shape index (κ3) is 3.62. The van der Waals surface area contributed by atoms with Crippen LogP contribution in [0.2, 0.25) is 5.02 Å². The van der Waals surface area contributed by atoms with Gasteiger partial charge in [-0.05, 0) is 54.8 Å². The lowest BCUT2D eigenvalue weighted by Crippen LogP contribution is -2.48. The first-order chi connectivity index (χ1) is 13.3. The maximum Gasteiger partial charge on any atom is 0.243 e. The van der Waals surface area contributed by atoms with Crippen LogP contribution in [-0.2, 0) is 21.2 Å². The SMILES string of the molecule is Cc1ccc(Cl)cc1N1CCN(S(=O)(=O)c2ccc3c(c2)CCC(=O)N3)CC1. The van der Waals surface area contributed by atoms with Crippen molar-refractivity contribution in [2.75, 3.05) is 36.4 Å². The number of aryl methyl sites for hydroxylation is 2. The van der Waals surface area contributed by atoms with Gasteiger partial charge < -0.3 is 10.2 Å². The molecule has 28 heavy (non-hydrogen) atoms. The van der Waals surface area contributed by atoms with Crippen molar-refractivity contribution in [2.24, 2.45) is 0 Å². The number of fused-ring (bicyclic) bond motifs is 1. The average Bonchev–Trinajstić information content (AvgIpc) is 2.69. The number of halogens is 1. The first-order valence-electron chi connectivity index (χ1n) is 9.28. The highest BCUT2D eigenvalue weighted by Crippen LogP contribution is 2.29. The highest BCUT2D eigenvalue weighted by Gasteiger charge is 2.30. The molecular formula is C20H22ClN3O3S. The minimum Gasteiger partial charge on any atom is -0.369 e. The summed E-state index contributed by atoms with van der Waals surface area (Å²) in [6, 6.07) is 10.7. The molecule has 148 valence electrons. The molecule has 2 heterocycles. The molecule has 0 unspecified atom stereocenters. The van der Waals surface area contributed by atoms with E-state index in [9.17, 15) is 13.2 Å². The summed E-state index contributed by atoms with van der Waals surface area (Å²) in [6.07, 6.45) is 0.945. The first kappa shape index (κ1) is 19.2. The molecule has 2 aromatic carbocycles. The van der Waals surface area contributed by atoms with E-state index in [2.05, 4.69) is 10.2 Å². The Morgan fingerprint density at radius 3 is 2.50 bits per heavy atom. The van der Waals surface area contributed by atoms with E-state index in [1.165, 1.54) is 4.31 Å². The smallest absolute Gasteiger partial charge is 0.243 e. The summed E-state index contributed by atoms with van der Waals surface area (Å²) in [6.45, 7) is 4.09. The summed E-state index contributed by atoms with van der Waals surface area (Å²) >= 11 is 6.13. The van der Waals surface area contributed by atoms with Crippen molar-refractivity contribution < 1.29 is 13.2 Å². The van der Waals surface area contributed by atoms with Gasteiger partial charge in [-0.15, -0.1) is 0 Å². The Balaban J connectivity index is 1.51. The van der Waals surface area contributed by atoms with Crippen LogP contribution in [0.15, 0.2) is 41.3 Å². The molecule has 6 nitrogen and oxygen atoms in total. The first-order valence-corrected chi connectivity index (χ1v) is 11.1. The zero-order valence-corrected chi connectivity index (χ0v) is 17.2. The van der Waals surface area contributed by atoms with Gasteiger partial charge in [0.15, 0.2) is 0 Å². The average molecular weight is 420 g/mol. The fourth-order valence-electron chi connectivity index (χ4n) is 3.76. The van der Waals surface area contributed by atoms with E-state index < -0.39 is 10.0 Å². The van der Waals surface area contributed by atoms with Gasteiger partial charge in [0.1, 0.15) is 0 Å². The van der Waals surface area contributed by atoms with E-state index in [-0.39, 0.29) is 10.8 Å². The second kappa shape index (κ2) is 7.39. The van der Waals surface area contributed by atoms with Gasteiger partial charge in [-0.25, -0.2) is 8.42 Å². The predicted octanol–water partition coefficient (Wildman–Crippen LogP) is 3.04. The van der Waals surface area contributed by atoms with Crippen LogP contribution in [0.25, 0.3) is 0 Å². The summed E-state index contributed by atoms with van der Waals surface area (Å²) in [4.78, 5) is 14.0. The largest absolute Gasteiger partial charge is 0.369 e. The minimum atomic E-state index is -3.57. The lowest BCUT2D eigenvalue weighted by atomic mass is 10.0. The van der Waals surface area contributed by atoms with E-state index in [0.29, 0.717) is 49.7 Å². The monoisotopic (exact) mass is 419 g/mol. The summed E-state index contributed by atoms with van der Waals surface area (Å²) < 4.78 is 27.7. The van der Waals surface area contributed by atoms with Crippen LogP contribution in [0.3, 0.4) is 0 Å². The van der Waals surface area contributed by atoms with Crippen LogP contribution >= 0.6 is 11.6 Å². The van der Waals surface area contributed by atoms with E-state index in [0.717, 1.165) is 16.8 Å². The number of sulfonamides is 1. The maximum absolute atomic E-state index is 13.1. The molecule has 0 atom stereocenters. The van der Waals surface area contributed by atoms with Gasteiger partial charge in [-0.1, -0.05) is 17.7 Å². The Bertz CT molecular complexity index is 1030. The van der Waals surface area contributed by atoms with Gasteiger partial charge in [0.05, 0.1) is 4.90 Å². The number of carbonyl (C=O) groups excluding carboxylic acids is 1. The minimum absolute atomic E-state index is 0.0319. The van der Waals surface area contributed by atoms with E-state index in [1.54, 1.807) is 18.2 Å². The summed E-state index contributed by atoms with van der Waals surface area (Å²) in [5.41, 5.74) is 3.75. The molecule has 1 saturated heterocycles. The molecule has 2 aliphatic rings. The topological polar surface area (TPSA) is 69.7 Å². The second-order valence-electron chi connectivity index (χ2n) is 7.19. The summed E-state index contributed by atoms with van der Waals surface area (Å²) in [5, 5.41) is 3.46. The Kier molecular flexibility index (Phi) is 5.07. The fourth-order valence-corrected chi connectivity index (χ4v) is 5.40. The lowest BCUT2D eigenvalue weighted by molar-refractivity contribution is -0.116. The van der Waals surface area contributed by atoms with E-state index in [4.69, 9.17) is 11.6 Å². The van der Waals surface area contributed by atoms with Gasteiger partial charge in [0, 0.05) is 49.0 Å². The Morgan fingerprint density at radius 1 is 1.00 bits per heavy atom. The molecule has 1 fully saturated rings. The Labute approximate surface area is 170 Å². The van der Waals surface area contributed by atoms with Gasteiger partial charge >= 0.3 is 0 Å². The molecule has 0 spiro atoms. The van der Waals surface area contributed by atoms with Crippen molar-refractivity contribution in [3.05, 3.63) is 52.5 Å². The lowest BCUT2D eigenvalue weighted by Gasteiger charge is -2.36. The van der Waals surface area contributed by atoms with E-state index >= 15 is 0 Å². The number of piperazine rings is 1. The Hall–Kier alpha value is -2.09. The molecule has 4 rings (SSSR count). The van der Waals surface area contributed by atoms with Gasteiger partial charge in [-0.2, -0.15) is 4.31 Å². The van der Waals surface area contributed by atoms with Crippen molar-refractivity contribution >= 4 is 38.9 Å². The quantitative estimate of drug-likeness (QED) is 0.830. The predicted molar refractivity (Wildman–Crippen MR) is 111 cm³/mol. The number of nitrogens with zero attached hydrogens (tertiary/aromatic N) is 2. The number of hydrogen-bond donors (Lipinski definition) is 1. The molecule has 8 heteroatoms. The molecule has 1 N–H and O–H groups in total. The molecular weight excluding hydrogens is 398 g/mol. The third-order valence-electron chi connectivity index (χ3n) is 5.36. The molecule has 2 aliphatic heterocycles. The maximum atomic E-state index is 13.1. The zero-order chi connectivity index (χ0) is 19.9. The van der Waals surface area contributed by atoms with Crippen molar-refractivity contribution in [1.29, 1.82) is 0 Å². The molecule has 2 aromatic rings. The van der Waals surface area contributed by atoms with Crippen LogP contribution in [0.4, 0.5) is 11.4 Å². The fraction of sp³-hybridized carbons (Fsp3) is 0.350. The molecule has 0 aromatic heterocycles. The van der Waals surface area contributed by atoms with Crippen molar-refractivity contribution in [3.8, 4) is 0 Å². The summed E-state index contributed by atoms with van der Waals surface area (Å²) in [7, 11) is -3.57. The van der Waals surface area contributed by atoms with Crippen LogP contribution < -0.4 is 10.2 Å². The third-order valence-corrected chi connectivity index (χ3v) is 7.49. The van der Waals surface area contributed by atoms with Crippen molar-refractivity contribution in [2.45, 2.75) is 24.7 Å². The normalized spacial score (nSPS) is 17.9. The molecule has 0 bridgehead atoms. The van der Waals surface area contributed by atoms with Crippen LogP contribution in [-0.4, -0.2) is 44.8 Å².